The highest BCUT2D eigenvalue weighted by molar-refractivity contribution is 7.89. The topological polar surface area (TPSA) is 139 Å². The van der Waals surface area contributed by atoms with Gasteiger partial charge in [-0.1, -0.05) is 44.0 Å². The third kappa shape index (κ3) is 5.75. The van der Waals surface area contributed by atoms with Crippen molar-refractivity contribution in [2.45, 2.75) is 56.5 Å². The molecule has 4 rings (SSSR count). The summed E-state index contributed by atoms with van der Waals surface area (Å²) in [6.45, 7) is 2.42. The number of carbonyl (C=O) groups excluding carboxylic acids is 2. The number of hydrogen-bond acceptors (Lipinski definition) is 6. The van der Waals surface area contributed by atoms with Gasteiger partial charge in [0.2, 0.25) is 10.0 Å². The summed E-state index contributed by atoms with van der Waals surface area (Å²) in [5.74, 6) is -1.39. The number of nitrogens with one attached hydrogen (secondary N) is 3. The SMILES string of the molecule is CCCCCn1nc(C(=O)NNC(=O)c2cccc(S(=O)(=O)NC3CC3)c2)c2ccccc2c1=O. The van der Waals surface area contributed by atoms with Crippen molar-refractivity contribution in [1.29, 1.82) is 0 Å². The maximum atomic E-state index is 12.9. The quantitative estimate of drug-likeness (QED) is 0.306. The fourth-order valence-corrected chi connectivity index (χ4v) is 4.95. The Hall–Kier alpha value is -3.57. The molecule has 1 aromatic heterocycles. The third-order valence-corrected chi connectivity index (χ3v) is 7.17. The molecular formula is C24H27N5O5S. The van der Waals surface area contributed by atoms with Crippen LogP contribution in [0.2, 0.25) is 0 Å². The summed E-state index contributed by atoms with van der Waals surface area (Å²) >= 11 is 0. The standard InChI is InChI=1S/C24H27N5O5S/c1-2-3-6-14-29-24(32)20-11-5-4-10-19(20)21(27-29)23(31)26-25-22(30)16-8-7-9-18(15-16)35(33,34)28-17-12-13-17/h4-5,7-11,15,17,28H,2-3,6,12-14H2,1H3,(H,25,30)(H,26,31). The fraction of sp³-hybridized carbons (Fsp3) is 0.333. The second kappa shape index (κ2) is 10.4. The zero-order valence-electron chi connectivity index (χ0n) is 19.3. The maximum Gasteiger partial charge on any atom is 0.290 e. The summed E-state index contributed by atoms with van der Waals surface area (Å²) < 4.78 is 28.7. The van der Waals surface area contributed by atoms with Gasteiger partial charge < -0.3 is 0 Å². The van der Waals surface area contributed by atoms with Gasteiger partial charge in [-0.05, 0) is 43.5 Å². The number of hydrogen-bond donors (Lipinski definition) is 3. The Balaban J connectivity index is 1.52. The molecular weight excluding hydrogens is 470 g/mol. The van der Waals surface area contributed by atoms with Crippen molar-refractivity contribution in [2.75, 3.05) is 0 Å². The third-order valence-electron chi connectivity index (χ3n) is 5.65. The van der Waals surface area contributed by atoms with E-state index in [0.717, 1.165) is 32.1 Å². The largest absolute Gasteiger partial charge is 0.290 e. The lowest BCUT2D eigenvalue weighted by Gasteiger charge is -2.12. The van der Waals surface area contributed by atoms with E-state index in [0.29, 0.717) is 17.3 Å². The molecule has 0 bridgehead atoms. The molecule has 3 aromatic rings. The van der Waals surface area contributed by atoms with Crippen LogP contribution in [0.4, 0.5) is 0 Å². The van der Waals surface area contributed by atoms with E-state index < -0.39 is 21.8 Å². The molecule has 0 atom stereocenters. The molecule has 10 nitrogen and oxygen atoms in total. The predicted octanol–water partition coefficient (Wildman–Crippen LogP) is 2.10. The molecule has 1 fully saturated rings. The first-order valence-electron chi connectivity index (χ1n) is 11.5. The van der Waals surface area contributed by atoms with Crippen LogP contribution in [0, 0.1) is 0 Å². The Morgan fingerprint density at radius 1 is 1.00 bits per heavy atom. The smallest absolute Gasteiger partial charge is 0.267 e. The van der Waals surface area contributed by atoms with Crippen LogP contribution in [0.3, 0.4) is 0 Å². The van der Waals surface area contributed by atoms with Crippen LogP contribution in [0.5, 0.6) is 0 Å². The molecule has 1 saturated carbocycles. The van der Waals surface area contributed by atoms with Crippen molar-refractivity contribution in [1.82, 2.24) is 25.4 Å². The van der Waals surface area contributed by atoms with E-state index in [1.54, 1.807) is 24.3 Å². The van der Waals surface area contributed by atoms with Gasteiger partial charge in [0.25, 0.3) is 17.4 Å². The van der Waals surface area contributed by atoms with Gasteiger partial charge in [-0.25, -0.2) is 17.8 Å². The van der Waals surface area contributed by atoms with Gasteiger partial charge in [0.05, 0.1) is 10.3 Å². The molecule has 184 valence electrons. The zero-order valence-corrected chi connectivity index (χ0v) is 20.1. The maximum absolute atomic E-state index is 12.9. The Morgan fingerprint density at radius 2 is 1.71 bits per heavy atom. The van der Waals surface area contributed by atoms with Crippen molar-refractivity contribution in [2.24, 2.45) is 0 Å². The number of rotatable bonds is 9. The number of fused-ring (bicyclic) bond motifs is 1. The van der Waals surface area contributed by atoms with Crippen molar-refractivity contribution < 1.29 is 18.0 Å². The molecule has 1 aliphatic carbocycles. The first-order chi connectivity index (χ1) is 16.8. The van der Waals surface area contributed by atoms with Gasteiger partial charge >= 0.3 is 0 Å². The Kier molecular flexibility index (Phi) is 7.27. The Morgan fingerprint density at radius 3 is 2.43 bits per heavy atom. The predicted molar refractivity (Wildman–Crippen MR) is 130 cm³/mol. The number of amides is 2. The molecule has 0 aliphatic heterocycles. The average molecular weight is 498 g/mol. The minimum Gasteiger partial charge on any atom is -0.267 e. The van der Waals surface area contributed by atoms with Crippen LogP contribution in [0.15, 0.2) is 58.2 Å². The number of nitrogens with zero attached hydrogens (tertiary/aromatic N) is 2. The van der Waals surface area contributed by atoms with E-state index in [9.17, 15) is 22.8 Å². The van der Waals surface area contributed by atoms with Gasteiger partial charge in [-0.2, -0.15) is 5.10 Å². The number of sulfonamides is 1. The minimum atomic E-state index is -3.73. The first kappa shape index (κ1) is 24.6. The van der Waals surface area contributed by atoms with E-state index in [4.69, 9.17) is 0 Å². The van der Waals surface area contributed by atoms with Crippen LogP contribution in [0.25, 0.3) is 10.8 Å². The van der Waals surface area contributed by atoms with Crippen LogP contribution in [0.1, 0.15) is 59.9 Å². The molecule has 0 saturated heterocycles. The van der Waals surface area contributed by atoms with Gasteiger partial charge in [-0.15, -0.1) is 0 Å². The molecule has 2 aromatic carbocycles. The first-order valence-corrected chi connectivity index (χ1v) is 13.0. The highest BCUT2D eigenvalue weighted by Gasteiger charge is 2.28. The second-order valence-corrected chi connectivity index (χ2v) is 10.2. The Bertz CT molecular complexity index is 1430. The van der Waals surface area contributed by atoms with Crippen molar-refractivity contribution >= 4 is 32.6 Å². The fourth-order valence-electron chi connectivity index (χ4n) is 3.60. The second-order valence-electron chi connectivity index (χ2n) is 8.46. The van der Waals surface area contributed by atoms with E-state index in [-0.39, 0.29) is 27.8 Å². The van der Waals surface area contributed by atoms with Gasteiger partial charge in [0.1, 0.15) is 0 Å². The lowest BCUT2D eigenvalue weighted by molar-refractivity contribution is 0.0843. The van der Waals surface area contributed by atoms with Crippen LogP contribution < -0.4 is 21.1 Å². The summed E-state index contributed by atoms with van der Waals surface area (Å²) in [6, 6.07) is 12.1. The summed E-state index contributed by atoms with van der Waals surface area (Å²) in [5.41, 5.74) is 4.40. The number of benzene rings is 2. The molecule has 1 heterocycles. The zero-order chi connectivity index (χ0) is 25.0. The van der Waals surface area contributed by atoms with Crippen molar-refractivity contribution in [3.63, 3.8) is 0 Å². The van der Waals surface area contributed by atoms with Crippen molar-refractivity contribution in [3.05, 3.63) is 70.1 Å². The van der Waals surface area contributed by atoms with E-state index in [2.05, 4.69) is 20.7 Å². The summed E-state index contributed by atoms with van der Waals surface area (Å²) in [7, 11) is -3.73. The summed E-state index contributed by atoms with van der Waals surface area (Å²) in [4.78, 5) is 38.3. The van der Waals surface area contributed by atoms with Gasteiger partial charge in [0, 0.05) is 23.5 Å². The monoisotopic (exact) mass is 497 g/mol. The van der Waals surface area contributed by atoms with Crippen LogP contribution >= 0.6 is 0 Å². The lowest BCUT2D eigenvalue weighted by Crippen LogP contribution is -2.43. The molecule has 0 spiro atoms. The molecule has 1 aliphatic rings. The molecule has 11 heteroatoms. The average Bonchev–Trinajstić information content (AvgIpc) is 3.67. The highest BCUT2D eigenvalue weighted by Crippen LogP contribution is 2.22. The molecule has 0 unspecified atom stereocenters. The highest BCUT2D eigenvalue weighted by atomic mass is 32.2. The molecule has 2 amide bonds. The number of hydrazine groups is 1. The van der Waals surface area contributed by atoms with E-state index in [1.165, 1.54) is 28.9 Å². The lowest BCUT2D eigenvalue weighted by atomic mass is 10.1. The number of unbranched alkanes of at least 4 members (excludes halogenated alkanes) is 2. The van der Waals surface area contributed by atoms with Crippen molar-refractivity contribution in [3.8, 4) is 0 Å². The number of aromatic nitrogens is 2. The summed E-state index contributed by atoms with van der Waals surface area (Å²) in [6.07, 6.45) is 4.22. The number of aryl methyl sites for hydroxylation is 1. The normalized spacial score (nSPS) is 13.5. The minimum absolute atomic E-state index is 0.00182. The Labute approximate surface area is 202 Å². The number of carbonyl (C=O) groups is 2. The molecule has 35 heavy (non-hydrogen) atoms. The molecule has 3 N–H and O–H groups in total. The van der Waals surface area contributed by atoms with E-state index in [1.807, 2.05) is 6.92 Å². The van der Waals surface area contributed by atoms with Crippen LogP contribution in [-0.2, 0) is 16.6 Å². The summed E-state index contributed by atoms with van der Waals surface area (Å²) in [5, 5.41) is 4.98. The van der Waals surface area contributed by atoms with E-state index >= 15 is 0 Å². The van der Waals surface area contributed by atoms with Gasteiger partial charge in [-0.3, -0.25) is 25.2 Å². The molecule has 0 radical (unpaired) electrons. The van der Waals surface area contributed by atoms with Crippen LogP contribution in [-0.4, -0.2) is 36.1 Å². The van der Waals surface area contributed by atoms with Gasteiger partial charge in [0.15, 0.2) is 5.69 Å².